The first-order valence-corrected chi connectivity index (χ1v) is 18.0. The number of benzene rings is 5. The minimum absolute atomic E-state index is 0.0281. The number of aromatic hydroxyl groups is 2. The van der Waals surface area contributed by atoms with Crippen LogP contribution in [0, 0.1) is 23.7 Å². The van der Waals surface area contributed by atoms with E-state index in [1.165, 1.54) is 11.0 Å². The van der Waals surface area contributed by atoms with E-state index in [-0.39, 0.29) is 29.8 Å². The van der Waals surface area contributed by atoms with Crippen molar-refractivity contribution in [3.05, 3.63) is 143 Å². The Morgan fingerprint density at radius 3 is 2.20 bits per heavy atom. The predicted molar refractivity (Wildman–Crippen MR) is 199 cm³/mol. The van der Waals surface area contributed by atoms with Crippen molar-refractivity contribution in [1.82, 2.24) is 0 Å². The van der Waals surface area contributed by atoms with Gasteiger partial charge in [-0.15, -0.1) is 0 Å². The molecule has 0 spiro atoms. The Bertz CT molecular complexity index is 2520. The number of carbonyl (C=O) groups is 5. The van der Waals surface area contributed by atoms with Gasteiger partial charge in [0, 0.05) is 22.6 Å². The summed E-state index contributed by atoms with van der Waals surface area (Å²) >= 11 is 6.41. The molecule has 6 atom stereocenters. The average Bonchev–Trinajstić information content (AvgIpc) is 3.56. The normalized spacial score (nSPS) is 26.1. The number of imide groups is 2. The second kappa shape index (κ2) is 12.1. The largest absolute Gasteiger partial charge is 0.508 e. The molecule has 0 aromatic heterocycles. The summed E-state index contributed by atoms with van der Waals surface area (Å²) in [7, 11) is 0. The number of carboxylic acid groups (broad SMARTS) is 1. The predicted octanol–water partition coefficient (Wildman–Crippen LogP) is 6.97. The third-order valence-electron chi connectivity index (χ3n) is 11.9. The SMILES string of the molecule is O=C(O)c1ccc(N2C(=O)[C@H]3[C@H](CC=C4[C@H]3C[C@H]3C(=O)N(c5cccc(Cl)c5)C(=O)[C@@]3(c3ccccc3)[C@H]4c3c(O)ccc4ccccc34)C2=O)cc1O. The Labute approximate surface area is 313 Å². The van der Waals surface area contributed by atoms with E-state index in [1.807, 2.05) is 48.5 Å². The van der Waals surface area contributed by atoms with Crippen LogP contribution in [0.15, 0.2) is 121 Å². The lowest BCUT2D eigenvalue weighted by Gasteiger charge is -2.51. The van der Waals surface area contributed by atoms with Crippen molar-refractivity contribution in [2.24, 2.45) is 23.7 Å². The Balaban J connectivity index is 1.29. The highest BCUT2D eigenvalue weighted by molar-refractivity contribution is 6.32. The van der Waals surface area contributed by atoms with Crippen LogP contribution in [0.4, 0.5) is 11.4 Å². The van der Waals surface area contributed by atoms with Crippen molar-refractivity contribution in [2.75, 3.05) is 9.80 Å². The molecule has 0 bridgehead atoms. The highest BCUT2D eigenvalue weighted by Gasteiger charge is 2.70. The summed E-state index contributed by atoms with van der Waals surface area (Å²) in [6, 6.07) is 30.0. The number of hydrogen-bond donors (Lipinski definition) is 3. The number of aromatic carboxylic acids is 1. The van der Waals surface area contributed by atoms with Crippen LogP contribution in [0.1, 0.15) is 40.2 Å². The molecule has 0 unspecified atom stereocenters. The lowest BCUT2D eigenvalue weighted by molar-refractivity contribution is -0.127. The summed E-state index contributed by atoms with van der Waals surface area (Å²) < 4.78 is 0. The summed E-state index contributed by atoms with van der Waals surface area (Å²) in [6.45, 7) is 0. The molecule has 0 radical (unpaired) electrons. The van der Waals surface area contributed by atoms with E-state index in [0.717, 1.165) is 22.4 Å². The van der Waals surface area contributed by atoms with Crippen LogP contribution in [0.25, 0.3) is 10.8 Å². The van der Waals surface area contributed by atoms with Crippen molar-refractivity contribution in [3.8, 4) is 11.5 Å². The fourth-order valence-electron chi connectivity index (χ4n) is 9.74. The molecule has 3 fully saturated rings. The molecular formula is C43H31ClN2O8. The van der Waals surface area contributed by atoms with Crippen molar-refractivity contribution < 1.29 is 39.3 Å². The Hall–Kier alpha value is -6.26. The third kappa shape index (κ3) is 4.56. The monoisotopic (exact) mass is 738 g/mol. The van der Waals surface area contributed by atoms with Crippen molar-refractivity contribution >= 4 is 63.3 Å². The van der Waals surface area contributed by atoms with Crippen LogP contribution >= 0.6 is 11.6 Å². The summed E-state index contributed by atoms with van der Waals surface area (Å²) in [6.07, 6.45) is 2.08. The second-order valence-electron chi connectivity index (χ2n) is 14.3. The summed E-state index contributed by atoms with van der Waals surface area (Å²) in [5.41, 5.74) is 0.0382. The molecule has 11 heteroatoms. The van der Waals surface area contributed by atoms with Gasteiger partial charge in [-0.2, -0.15) is 0 Å². The number of anilines is 2. The second-order valence-corrected chi connectivity index (χ2v) is 14.8. The maximum absolute atomic E-state index is 15.5. The zero-order valence-electron chi connectivity index (χ0n) is 28.4. The minimum Gasteiger partial charge on any atom is -0.508 e. The van der Waals surface area contributed by atoms with E-state index in [2.05, 4.69) is 0 Å². The third-order valence-corrected chi connectivity index (χ3v) is 12.1. The number of phenols is 2. The maximum atomic E-state index is 15.5. The van der Waals surface area contributed by atoms with Gasteiger partial charge in [-0.1, -0.05) is 90.0 Å². The quantitative estimate of drug-likeness (QED) is 0.129. The van der Waals surface area contributed by atoms with E-state index >= 15 is 9.59 Å². The molecule has 5 aromatic rings. The van der Waals surface area contributed by atoms with Crippen LogP contribution in [0.5, 0.6) is 11.5 Å². The molecule has 5 aromatic carbocycles. The standard InChI is InChI=1S/C43H31ClN2O8/c44-24-10-6-11-25(19-24)46-39(50)32-21-31-28(16-17-30-35(31)40(51)45(38(30)49)26-14-15-29(41(52)53)34(48)20-26)37(43(32,42(46)54)23-8-2-1-3-9-23)36-27-12-5-4-7-22(27)13-18-33(36)47/h1-16,18-20,30-32,35,37,47-48H,17,21H2,(H,52,53)/t30-,31+,32-,35-,37+,43+/m0/s1. The van der Waals surface area contributed by atoms with Crippen LogP contribution in [-0.2, 0) is 24.6 Å². The molecule has 10 nitrogen and oxygen atoms in total. The van der Waals surface area contributed by atoms with Gasteiger partial charge in [0.05, 0.1) is 34.5 Å². The molecular weight excluding hydrogens is 708 g/mol. The molecule has 268 valence electrons. The number of nitrogens with zero attached hydrogens (tertiary/aromatic N) is 2. The van der Waals surface area contributed by atoms with Gasteiger partial charge < -0.3 is 15.3 Å². The molecule has 2 heterocycles. The molecule has 2 aliphatic carbocycles. The van der Waals surface area contributed by atoms with Gasteiger partial charge in [0.15, 0.2) is 0 Å². The van der Waals surface area contributed by atoms with E-state index in [0.29, 0.717) is 32.8 Å². The zero-order valence-corrected chi connectivity index (χ0v) is 29.2. The molecule has 2 aliphatic heterocycles. The van der Waals surface area contributed by atoms with Gasteiger partial charge in [-0.3, -0.25) is 19.2 Å². The smallest absolute Gasteiger partial charge is 0.339 e. The van der Waals surface area contributed by atoms with E-state index in [4.69, 9.17) is 11.6 Å². The molecule has 2 saturated heterocycles. The number of fused-ring (bicyclic) bond motifs is 5. The van der Waals surface area contributed by atoms with Gasteiger partial charge >= 0.3 is 5.97 Å². The molecule has 4 amide bonds. The number of allylic oxidation sites excluding steroid dienone is 2. The van der Waals surface area contributed by atoms with Gasteiger partial charge in [-0.05, 0) is 71.5 Å². The molecule has 4 aliphatic rings. The first-order chi connectivity index (χ1) is 26.0. The Kier molecular flexibility index (Phi) is 7.55. The van der Waals surface area contributed by atoms with Crippen LogP contribution in [0.2, 0.25) is 5.02 Å². The van der Waals surface area contributed by atoms with E-state index in [9.17, 15) is 29.7 Å². The van der Waals surface area contributed by atoms with Crippen LogP contribution in [-0.4, -0.2) is 44.9 Å². The van der Waals surface area contributed by atoms with Gasteiger partial charge in [0.1, 0.15) is 17.1 Å². The highest BCUT2D eigenvalue weighted by atomic mass is 35.5. The molecule has 54 heavy (non-hydrogen) atoms. The zero-order chi connectivity index (χ0) is 37.6. The number of carboxylic acids is 1. The van der Waals surface area contributed by atoms with E-state index < -0.39 is 70.4 Å². The summed E-state index contributed by atoms with van der Waals surface area (Å²) in [5, 5.41) is 33.7. The highest BCUT2D eigenvalue weighted by Crippen LogP contribution is 2.66. The van der Waals surface area contributed by atoms with Gasteiger partial charge in [0.2, 0.25) is 23.6 Å². The fourth-order valence-corrected chi connectivity index (χ4v) is 9.92. The fraction of sp³-hybridized carbons (Fsp3) is 0.186. The summed E-state index contributed by atoms with van der Waals surface area (Å²) in [5.74, 6) is -8.56. The average molecular weight is 739 g/mol. The van der Waals surface area contributed by atoms with Crippen LogP contribution in [0.3, 0.4) is 0 Å². The first kappa shape index (κ1) is 33.6. The number of hydrogen-bond acceptors (Lipinski definition) is 7. The van der Waals surface area contributed by atoms with E-state index in [1.54, 1.807) is 48.5 Å². The number of carbonyl (C=O) groups excluding carboxylic acids is 4. The topological polar surface area (TPSA) is 153 Å². The van der Waals surface area contributed by atoms with Gasteiger partial charge in [-0.25, -0.2) is 14.6 Å². The Morgan fingerprint density at radius 1 is 0.722 bits per heavy atom. The van der Waals surface area contributed by atoms with Crippen molar-refractivity contribution in [1.29, 1.82) is 0 Å². The van der Waals surface area contributed by atoms with Crippen LogP contribution < -0.4 is 9.80 Å². The number of rotatable bonds is 5. The minimum atomic E-state index is -1.58. The summed E-state index contributed by atoms with van der Waals surface area (Å²) in [4.78, 5) is 73.1. The lowest BCUT2D eigenvalue weighted by atomic mass is 9.48. The number of amides is 4. The van der Waals surface area contributed by atoms with Gasteiger partial charge in [0.25, 0.3) is 0 Å². The maximum Gasteiger partial charge on any atom is 0.339 e. The number of phenolic OH excluding ortho intramolecular Hbond substituents is 1. The molecule has 3 N–H and O–H groups in total. The Morgan fingerprint density at radius 2 is 1.46 bits per heavy atom. The lowest BCUT2D eigenvalue weighted by Crippen LogP contribution is -2.53. The number of halogens is 1. The molecule has 1 saturated carbocycles. The van der Waals surface area contributed by atoms with Crippen molar-refractivity contribution in [3.63, 3.8) is 0 Å². The first-order valence-electron chi connectivity index (χ1n) is 17.6. The molecule has 9 rings (SSSR count). The van der Waals surface area contributed by atoms with Crippen molar-refractivity contribution in [2.45, 2.75) is 24.2 Å².